The molecular weight excluding hydrogens is 198 g/mol. The van der Waals surface area contributed by atoms with Crippen molar-refractivity contribution in [2.75, 3.05) is 12.3 Å². The largest absolute Gasteiger partial charge is 0.504 e. The smallest absolute Gasteiger partial charge is 0.156 e. The van der Waals surface area contributed by atoms with Gasteiger partial charge >= 0.3 is 0 Å². The Bertz CT molecular complexity index is 464. The third kappa shape index (κ3) is 1.28. The van der Waals surface area contributed by atoms with E-state index < -0.39 is 0 Å². The van der Waals surface area contributed by atoms with Gasteiger partial charge in [0.05, 0.1) is 17.0 Å². The Morgan fingerprint density at radius 3 is 3.00 bits per heavy atom. The quantitative estimate of drug-likeness (QED) is 0.590. The summed E-state index contributed by atoms with van der Waals surface area (Å²) in [6, 6.07) is 3.55. The van der Waals surface area contributed by atoms with Crippen LogP contribution < -0.4 is 10.5 Å². The normalized spacial score (nSPS) is 10.6. The second-order valence-corrected chi connectivity index (χ2v) is 3.79. The molecule has 14 heavy (non-hydrogen) atoms. The van der Waals surface area contributed by atoms with E-state index in [0.29, 0.717) is 12.3 Å². The predicted octanol–water partition coefficient (Wildman–Crippen LogP) is 2.59. The zero-order valence-electron chi connectivity index (χ0n) is 7.78. The van der Waals surface area contributed by atoms with Crippen molar-refractivity contribution in [2.45, 2.75) is 6.92 Å². The Hall–Kier alpha value is -1.42. The number of nitrogen functional groups attached to an aromatic ring is 1. The highest BCUT2D eigenvalue weighted by molar-refractivity contribution is 7.18. The molecule has 0 atom stereocenters. The molecule has 2 aromatic rings. The summed E-state index contributed by atoms with van der Waals surface area (Å²) in [6.07, 6.45) is 0. The number of anilines is 1. The summed E-state index contributed by atoms with van der Waals surface area (Å²) in [5.41, 5.74) is 5.99. The fourth-order valence-corrected chi connectivity index (χ4v) is 2.29. The van der Waals surface area contributed by atoms with Crippen molar-refractivity contribution in [1.82, 2.24) is 0 Å². The Kier molecular flexibility index (Phi) is 2.21. The molecule has 74 valence electrons. The molecule has 0 radical (unpaired) electrons. The number of aromatic hydroxyl groups is 1. The van der Waals surface area contributed by atoms with Gasteiger partial charge in [0.25, 0.3) is 0 Å². The predicted molar refractivity (Wildman–Crippen MR) is 59.1 cm³/mol. The highest BCUT2D eigenvalue weighted by Crippen LogP contribution is 2.40. The summed E-state index contributed by atoms with van der Waals surface area (Å²) >= 11 is 1.44. The summed E-state index contributed by atoms with van der Waals surface area (Å²) in [5.74, 6) is 0.959. The van der Waals surface area contributed by atoms with Crippen molar-refractivity contribution in [1.29, 1.82) is 0 Å². The zero-order chi connectivity index (χ0) is 10.1. The van der Waals surface area contributed by atoms with E-state index in [1.54, 1.807) is 6.07 Å². The van der Waals surface area contributed by atoms with Crippen molar-refractivity contribution >= 4 is 27.1 Å². The average molecular weight is 209 g/mol. The fraction of sp³-hybridized carbons (Fsp3) is 0.200. The van der Waals surface area contributed by atoms with E-state index in [9.17, 15) is 5.11 Å². The zero-order valence-corrected chi connectivity index (χ0v) is 8.60. The minimum Gasteiger partial charge on any atom is -0.504 e. The van der Waals surface area contributed by atoms with Crippen LogP contribution >= 0.6 is 11.3 Å². The van der Waals surface area contributed by atoms with Crippen LogP contribution in [-0.4, -0.2) is 11.7 Å². The molecule has 1 heterocycles. The maximum Gasteiger partial charge on any atom is 0.156 e. The molecule has 2 rings (SSSR count). The molecule has 0 aliphatic carbocycles. The first kappa shape index (κ1) is 9.15. The third-order valence-electron chi connectivity index (χ3n) is 2.01. The van der Waals surface area contributed by atoms with Crippen LogP contribution in [0, 0.1) is 0 Å². The molecular formula is C10H11NO2S. The summed E-state index contributed by atoms with van der Waals surface area (Å²) in [7, 11) is 0. The van der Waals surface area contributed by atoms with E-state index in [1.165, 1.54) is 11.3 Å². The highest BCUT2D eigenvalue weighted by Gasteiger charge is 2.10. The summed E-state index contributed by atoms with van der Waals surface area (Å²) < 4.78 is 6.20. The number of ether oxygens (including phenoxy) is 1. The van der Waals surface area contributed by atoms with Crippen LogP contribution in [0.4, 0.5) is 5.69 Å². The third-order valence-corrected chi connectivity index (χ3v) is 2.99. The van der Waals surface area contributed by atoms with Gasteiger partial charge in [-0.2, -0.15) is 0 Å². The van der Waals surface area contributed by atoms with Crippen LogP contribution in [0.3, 0.4) is 0 Å². The minimum absolute atomic E-state index is 0.151. The van der Waals surface area contributed by atoms with Crippen LogP contribution in [0.1, 0.15) is 6.92 Å². The van der Waals surface area contributed by atoms with Crippen molar-refractivity contribution in [2.24, 2.45) is 0 Å². The molecule has 1 aromatic carbocycles. The molecule has 0 saturated carbocycles. The maximum absolute atomic E-state index is 9.67. The van der Waals surface area contributed by atoms with Gasteiger partial charge in [-0.05, 0) is 19.1 Å². The Balaban J connectivity index is 2.64. The van der Waals surface area contributed by atoms with E-state index in [4.69, 9.17) is 10.5 Å². The van der Waals surface area contributed by atoms with Crippen molar-refractivity contribution in [3.63, 3.8) is 0 Å². The van der Waals surface area contributed by atoms with E-state index in [2.05, 4.69) is 0 Å². The number of hydrogen-bond acceptors (Lipinski definition) is 4. The molecule has 0 bridgehead atoms. The van der Waals surface area contributed by atoms with Crippen LogP contribution in [0.15, 0.2) is 17.5 Å². The molecule has 0 fully saturated rings. The van der Waals surface area contributed by atoms with Gasteiger partial charge in [0.2, 0.25) is 0 Å². The molecule has 0 aliphatic rings. The number of fused-ring (bicyclic) bond motifs is 1. The number of phenolic OH excluding ortho intramolecular Hbond substituents is 1. The SMILES string of the molecule is CCOc1csc2c(O)c(N)ccc12. The van der Waals surface area contributed by atoms with Crippen LogP contribution in [0.5, 0.6) is 11.5 Å². The molecule has 0 amide bonds. The molecule has 1 aromatic heterocycles. The number of phenols is 1. The van der Waals surface area contributed by atoms with Gasteiger partial charge in [-0.3, -0.25) is 0 Å². The number of nitrogens with two attached hydrogens (primary N) is 1. The summed E-state index contributed by atoms with van der Waals surface area (Å²) in [4.78, 5) is 0. The van der Waals surface area contributed by atoms with Crippen molar-refractivity contribution in [3.8, 4) is 11.5 Å². The van der Waals surface area contributed by atoms with Gasteiger partial charge in [-0.25, -0.2) is 0 Å². The van der Waals surface area contributed by atoms with E-state index in [-0.39, 0.29) is 5.75 Å². The van der Waals surface area contributed by atoms with Gasteiger partial charge in [0, 0.05) is 10.8 Å². The van der Waals surface area contributed by atoms with Gasteiger partial charge < -0.3 is 15.6 Å². The lowest BCUT2D eigenvalue weighted by Crippen LogP contribution is -1.90. The highest BCUT2D eigenvalue weighted by atomic mass is 32.1. The topological polar surface area (TPSA) is 55.5 Å². The molecule has 4 heteroatoms. The second-order valence-electron chi connectivity index (χ2n) is 2.91. The van der Waals surface area contributed by atoms with Gasteiger partial charge in [-0.1, -0.05) is 0 Å². The van der Waals surface area contributed by atoms with Crippen LogP contribution in [-0.2, 0) is 0 Å². The van der Waals surface area contributed by atoms with Gasteiger partial charge in [0.15, 0.2) is 5.75 Å². The molecule has 0 spiro atoms. The molecule has 0 saturated heterocycles. The van der Waals surface area contributed by atoms with E-state index in [0.717, 1.165) is 15.8 Å². The van der Waals surface area contributed by atoms with Gasteiger partial charge in [-0.15, -0.1) is 11.3 Å². The van der Waals surface area contributed by atoms with Crippen LogP contribution in [0.25, 0.3) is 10.1 Å². The van der Waals surface area contributed by atoms with Crippen molar-refractivity contribution < 1.29 is 9.84 Å². The molecule has 0 unspecified atom stereocenters. The lowest BCUT2D eigenvalue weighted by molar-refractivity contribution is 0.345. The van der Waals surface area contributed by atoms with E-state index >= 15 is 0 Å². The second kappa shape index (κ2) is 3.38. The first-order valence-corrected chi connectivity index (χ1v) is 5.23. The minimum atomic E-state index is 0.151. The Labute approximate surface area is 85.7 Å². The monoisotopic (exact) mass is 209 g/mol. The first-order chi connectivity index (χ1) is 6.74. The first-order valence-electron chi connectivity index (χ1n) is 4.35. The lowest BCUT2D eigenvalue weighted by Gasteiger charge is -2.02. The molecule has 3 nitrogen and oxygen atoms in total. The summed E-state index contributed by atoms with van der Waals surface area (Å²) in [5, 5.41) is 12.5. The van der Waals surface area contributed by atoms with E-state index in [1.807, 2.05) is 18.4 Å². The number of benzene rings is 1. The number of hydrogen-bond donors (Lipinski definition) is 2. The molecule has 0 aliphatic heterocycles. The van der Waals surface area contributed by atoms with Crippen molar-refractivity contribution in [3.05, 3.63) is 17.5 Å². The fourth-order valence-electron chi connectivity index (χ4n) is 1.34. The maximum atomic E-state index is 9.67. The number of rotatable bonds is 2. The summed E-state index contributed by atoms with van der Waals surface area (Å²) in [6.45, 7) is 2.55. The average Bonchev–Trinajstić information content (AvgIpc) is 2.57. The Morgan fingerprint density at radius 1 is 1.50 bits per heavy atom. The number of thiophene rings is 1. The lowest BCUT2D eigenvalue weighted by atomic mass is 10.2. The van der Waals surface area contributed by atoms with Gasteiger partial charge in [0.1, 0.15) is 5.75 Å². The Morgan fingerprint density at radius 2 is 2.29 bits per heavy atom. The standard InChI is InChI=1S/C10H11NO2S/c1-2-13-8-5-14-10-6(8)3-4-7(11)9(10)12/h3-5,12H,2,11H2,1H3. The molecule has 3 N–H and O–H groups in total. The van der Waals surface area contributed by atoms with Crippen LogP contribution in [0.2, 0.25) is 0 Å².